The van der Waals surface area contributed by atoms with Crippen LogP contribution in [0.5, 0.6) is 23.0 Å². The molecule has 0 bridgehead atoms. The van der Waals surface area contributed by atoms with E-state index in [0.717, 1.165) is 5.56 Å². The molecule has 154 valence electrons. The molecule has 0 aromatic heterocycles. The van der Waals surface area contributed by atoms with Crippen molar-refractivity contribution >= 4 is 23.2 Å². The van der Waals surface area contributed by atoms with Crippen molar-refractivity contribution in [2.24, 2.45) is 0 Å². The van der Waals surface area contributed by atoms with Crippen LogP contribution in [0.15, 0.2) is 60.7 Å². The highest BCUT2D eigenvalue weighted by Crippen LogP contribution is 2.33. The van der Waals surface area contributed by atoms with E-state index in [2.05, 4.69) is 5.32 Å². The molecule has 0 aliphatic carbocycles. The zero-order valence-corrected chi connectivity index (χ0v) is 17.1. The van der Waals surface area contributed by atoms with E-state index in [1.54, 1.807) is 36.4 Å². The maximum absolute atomic E-state index is 12.7. The molecule has 1 aliphatic rings. The topological polar surface area (TPSA) is 66.0 Å². The lowest BCUT2D eigenvalue weighted by atomic mass is 10.1. The number of carbonyl (C=O) groups is 1. The number of rotatable bonds is 6. The second-order valence-corrected chi connectivity index (χ2v) is 7.03. The maximum atomic E-state index is 12.7. The first kappa shape index (κ1) is 19.9. The molecule has 1 N–H and O–H groups in total. The van der Waals surface area contributed by atoms with Crippen LogP contribution in [-0.2, 0) is 6.61 Å². The molecule has 7 heteroatoms. The van der Waals surface area contributed by atoms with Gasteiger partial charge >= 0.3 is 0 Å². The lowest BCUT2D eigenvalue weighted by molar-refractivity contribution is 0.102. The highest BCUT2D eigenvalue weighted by atomic mass is 35.5. The number of anilines is 1. The summed E-state index contributed by atoms with van der Waals surface area (Å²) in [5, 5.41) is 3.53. The predicted molar refractivity (Wildman–Crippen MR) is 114 cm³/mol. The van der Waals surface area contributed by atoms with Crippen molar-refractivity contribution < 1.29 is 23.7 Å². The van der Waals surface area contributed by atoms with Crippen LogP contribution in [0, 0.1) is 0 Å². The van der Waals surface area contributed by atoms with Crippen molar-refractivity contribution in [3.8, 4) is 23.0 Å². The summed E-state index contributed by atoms with van der Waals surface area (Å²) in [6.07, 6.45) is 0. The van der Waals surface area contributed by atoms with Crippen LogP contribution in [-0.4, -0.2) is 26.2 Å². The molecule has 1 aliphatic heterocycles. The van der Waals surface area contributed by atoms with Gasteiger partial charge in [-0.3, -0.25) is 4.79 Å². The fourth-order valence-corrected chi connectivity index (χ4v) is 3.12. The summed E-state index contributed by atoms with van der Waals surface area (Å²) in [6.45, 7) is 1.36. The van der Waals surface area contributed by atoms with Crippen LogP contribution in [0.3, 0.4) is 0 Å². The van der Waals surface area contributed by atoms with Gasteiger partial charge in [-0.2, -0.15) is 0 Å². The molecule has 0 saturated carbocycles. The molecule has 0 atom stereocenters. The number of amides is 1. The molecule has 0 unspecified atom stereocenters. The van der Waals surface area contributed by atoms with E-state index in [1.807, 2.05) is 24.3 Å². The van der Waals surface area contributed by atoms with E-state index in [9.17, 15) is 4.79 Å². The van der Waals surface area contributed by atoms with Gasteiger partial charge in [-0.15, -0.1) is 0 Å². The Bertz CT molecular complexity index is 1050. The molecular weight excluding hydrogens is 406 g/mol. The Morgan fingerprint density at radius 2 is 1.73 bits per heavy atom. The average molecular weight is 426 g/mol. The number of methoxy groups -OCH3 is 1. The Balaban J connectivity index is 1.45. The maximum Gasteiger partial charge on any atom is 0.255 e. The number of hydrogen-bond donors (Lipinski definition) is 1. The summed E-state index contributed by atoms with van der Waals surface area (Å²) < 4.78 is 22.3. The average Bonchev–Trinajstić information content (AvgIpc) is 2.78. The monoisotopic (exact) mass is 425 g/mol. The van der Waals surface area contributed by atoms with Crippen molar-refractivity contribution in [2.45, 2.75) is 6.61 Å². The molecule has 6 nitrogen and oxygen atoms in total. The van der Waals surface area contributed by atoms with Crippen molar-refractivity contribution in [3.63, 3.8) is 0 Å². The highest BCUT2D eigenvalue weighted by molar-refractivity contribution is 6.30. The Hall–Kier alpha value is -3.38. The highest BCUT2D eigenvalue weighted by Gasteiger charge is 2.15. The predicted octanol–water partition coefficient (Wildman–Crippen LogP) is 4.95. The van der Waals surface area contributed by atoms with E-state index in [4.69, 9.17) is 30.5 Å². The lowest BCUT2D eigenvalue weighted by Crippen LogP contribution is -2.16. The summed E-state index contributed by atoms with van der Waals surface area (Å²) in [5.74, 6) is 2.03. The second kappa shape index (κ2) is 8.97. The molecule has 3 aromatic carbocycles. The third-order valence-corrected chi connectivity index (χ3v) is 4.79. The first-order valence-electron chi connectivity index (χ1n) is 9.38. The molecule has 4 rings (SSSR count). The van der Waals surface area contributed by atoms with Crippen LogP contribution in [0.2, 0.25) is 5.02 Å². The van der Waals surface area contributed by atoms with Crippen LogP contribution >= 0.6 is 11.6 Å². The summed E-state index contributed by atoms with van der Waals surface area (Å²) >= 11 is 5.90. The Morgan fingerprint density at radius 1 is 0.967 bits per heavy atom. The van der Waals surface area contributed by atoms with Gasteiger partial charge in [0, 0.05) is 22.3 Å². The molecule has 0 fully saturated rings. The van der Waals surface area contributed by atoms with Gasteiger partial charge in [-0.25, -0.2) is 0 Å². The van der Waals surface area contributed by atoms with Gasteiger partial charge in [0.1, 0.15) is 19.8 Å². The lowest BCUT2D eigenvalue weighted by Gasteiger charge is -2.19. The molecule has 3 aromatic rings. The van der Waals surface area contributed by atoms with E-state index in [-0.39, 0.29) is 5.91 Å². The number of fused-ring (bicyclic) bond motifs is 1. The minimum Gasteiger partial charge on any atom is -0.493 e. The van der Waals surface area contributed by atoms with Crippen LogP contribution in [0.4, 0.5) is 5.69 Å². The van der Waals surface area contributed by atoms with E-state index in [0.29, 0.717) is 59.1 Å². The third kappa shape index (κ3) is 4.60. The molecular formula is C23H20ClNO5. The summed E-state index contributed by atoms with van der Waals surface area (Å²) in [5.41, 5.74) is 2.04. The molecule has 1 amide bonds. The van der Waals surface area contributed by atoms with Crippen LogP contribution in [0.25, 0.3) is 0 Å². The van der Waals surface area contributed by atoms with Gasteiger partial charge in [-0.05, 0) is 48.0 Å². The van der Waals surface area contributed by atoms with Gasteiger partial charge in [0.05, 0.1) is 7.11 Å². The molecule has 30 heavy (non-hydrogen) atoms. The number of ether oxygens (including phenoxy) is 4. The summed E-state index contributed by atoms with van der Waals surface area (Å²) in [7, 11) is 1.53. The quantitative estimate of drug-likeness (QED) is 0.605. The van der Waals surface area contributed by atoms with Crippen LogP contribution in [0.1, 0.15) is 15.9 Å². The number of hydrogen-bond acceptors (Lipinski definition) is 5. The van der Waals surface area contributed by atoms with Gasteiger partial charge in [-0.1, -0.05) is 23.7 Å². The van der Waals surface area contributed by atoms with Crippen molar-refractivity contribution in [1.29, 1.82) is 0 Å². The van der Waals surface area contributed by atoms with E-state index < -0.39 is 0 Å². The third-order valence-electron chi connectivity index (χ3n) is 4.53. The standard InChI is InChI=1S/C23H20ClNO5/c1-27-21-12-16(4-8-19(21)30-14-15-2-5-17(24)6-3-15)23(26)25-18-7-9-20-22(13-18)29-11-10-28-20/h2-9,12-13H,10-11,14H2,1H3,(H,25,26). The summed E-state index contributed by atoms with van der Waals surface area (Å²) in [6, 6.07) is 17.7. The minimum atomic E-state index is -0.269. The first-order valence-corrected chi connectivity index (χ1v) is 9.76. The number of carbonyl (C=O) groups excluding carboxylic acids is 1. The zero-order chi connectivity index (χ0) is 20.9. The second-order valence-electron chi connectivity index (χ2n) is 6.59. The van der Waals surface area contributed by atoms with E-state index >= 15 is 0 Å². The van der Waals surface area contributed by atoms with Gasteiger partial charge < -0.3 is 24.3 Å². The molecule has 0 saturated heterocycles. The molecule has 0 spiro atoms. The first-order chi connectivity index (χ1) is 14.6. The number of halogens is 1. The van der Waals surface area contributed by atoms with Gasteiger partial charge in [0.25, 0.3) is 5.91 Å². The zero-order valence-electron chi connectivity index (χ0n) is 16.3. The smallest absolute Gasteiger partial charge is 0.255 e. The largest absolute Gasteiger partial charge is 0.493 e. The molecule has 1 heterocycles. The normalized spacial score (nSPS) is 12.2. The number of benzene rings is 3. The summed E-state index contributed by atoms with van der Waals surface area (Å²) in [4.78, 5) is 12.7. The van der Waals surface area contributed by atoms with Crippen molar-refractivity contribution in [3.05, 3.63) is 76.8 Å². The van der Waals surface area contributed by atoms with Crippen molar-refractivity contribution in [1.82, 2.24) is 0 Å². The van der Waals surface area contributed by atoms with Gasteiger partial charge in [0.2, 0.25) is 0 Å². The fourth-order valence-electron chi connectivity index (χ4n) is 2.99. The Labute approximate surface area is 179 Å². The fraction of sp³-hybridized carbons (Fsp3) is 0.174. The van der Waals surface area contributed by atoms with Crippen LogP contribution < -0.4 is 24.3 Å². The van der Waals surface area contributed by atoms with Crippen molar-refractivity contribution in [2.75, 3.05) is 25.6 Å². The Morgan fingerprint density at radius 3 is 2.50 bits per heavy atom. The van der Waals surface area contributed by atoms with E-state index in [1.165, 1.54) is 7.11 Å². The molecule has 0 radical (unpaired) electrons. The minimum absolute atomic E-state index is 0.269. The van der Waals surface area contributed by atoms with Gasteiger partial charge in [0.15, 0.2) is 23.0 Å². The number of nitrogens with one attached hydrogen (secondary N) is 1. The SMILES string of the molecule is COc1cc(C(=O)Nc2ccc3c(c2)OCCO3)ccc1OCc1ccc(Cl)cc1. The Kier molecular flexibility index (Phi) is 5.95.